The van der Waals surface area contributed by atoms with E-state index in [4.69, 9.17) is 27.4 Å². The highest BCUT2D eigenvalue weighted by Gasteiger charge is 2.16. The minimum atomic E-state index is -3.84. The van der Waals surface area contributed by atoms with E-state index in [1.807, 2.05) is 0 Å². The third kappa shape index (κ3) is 4.61. The molecule has 6 nitrogen and oxygen atoms in total. The Hall–Kier alpha value is -1.80. The molecule has 0 aliphatic carbocycles. The third-order valence-corrected chi connectivity index (χ3v) is 4.80. The van der Waals surface area contributed by atoms with Gasteiger partial charge >= 0.3 is 10.3 Å². The molecule has 2 aromatic carbocycles. The van der Waals surface area contributed by atoms with Gasteiger partial charge in [-0.2, -0.15) is 12.7 Å². The number of carbonyl (C=O) groups excluding carboxylic acids is 1. The number of nitrogens with one attached hydrogen (secondary N) is 1. The molecule has 1 N–H and O–H groups in total. The molecule has 0 aliphatic heterocycles. The van der Waals surface area contributed by atoms with E-state index < -0.39 is 16.2 Å². The maximum atomic E-state index is 12.2. The van der Waals surface area contributed by atoms with Crippen molar-refractivity contribution in [3.05, 3.63) is 58.1 Å². The average molecular weight is 389 g/mol. The van der Waals surface area contributed by atoms with Gasteiger partial charge in [0.1, 0.15) is 5.75 Å². The van der Waals surface area contributed by atoms with E-state index in [1.165, 1.54) is 44.4 Å². The number of anilines is 1. The Labute approximate surface area is 150 Å². The van der Waals surface area contributed by atoms with Crippen LogP contribution in [0.1, 0.15) is 10.4 Å². The van der Waals surface area contributed by atoms with Crippen LogP contribution in [0, 0.1) is 0 Å². The lowest BCUT2D eigenvalue weighted by Crippen LogP contribution is -2.27. The average Bonchev–Trinajstić information content (AvgIpc) is 2.51. The predicted octanol–water partition coefficient (Wildman–Crippen LogP) is 3.43. The van der Waals surface area contributed by atoms with Gasteiger partial charge in [-0.1, -0.05) is 23.2 Å². The second-order valence-electron chi connectivity index (χ2n) is 4.93. The van der Waals surface area contributed by atoms with Gasteiger partial charge < -0.3 is 9.50 Å². The molecule has 0 heterocycles. The van der Waals surface area contributed by atoms with Crippen LogP contribution < -0.4 is 9.50 Å². The smallest absolute Gasteiger partial charge is 0.371 e. The summed E-state index contributed by atoms with van der Waals surface area (Å²) < 4.78 is 29.1. The van der Waals surface area contributed by atoms with Crippen LogP contribution in [-0.2, 0) is 10.3 Å². The molecule has 0 aromatic heterocycles. The van der Waals surface area contributed by atoms with Gasteiger partial charge in [-0.15, -0.1) is 0 Å². The van der Waals surface area contributed by atoms with E-state index in [-0.39, 0.29) is 5.75 Å². The minimum absolute atomic E-state index is 0.0982. The third-order valence-electron chi connectivity index (χ3n) is 2.94. The van der Waals surface area contributed by atoms with Crippen LogP contribution in [0.3, 0.4) is 0 Å². The summed E-state index contributed by atoms with van der Waals surface area (Å²) in [5.41, 5.74) is 0.685. The number of amides is 1. The molecule has 0 fully saturated rings. The van der Waals surface area contributed by atoms with Crippen molar-refractivity contribution in [2.75, 3.05) is 19.4 Å². The van der Waals surface area contributed by atoms with Crippen LogP contribution >= 0.6 is 23.2 Å². The number of carbonyl (C=O) groups is 1. The summed E-state index contributed by atoms with van der Waals surface area (Å²) >= 11 is 11.9. The van der Waals surface area contributed by atoms with Gasteiger partial charge in [0.15, 0.2) is 0 Å². The molecule has 128 valence electrons. The number of nitrogens with zero attached hydrogens (tertiary/aromatic N) is 1. The molecular formula is C15H14Cl2N2O4S. The van der Waals surface area contributed by atoms with Crippen LogP contribution in [0.25, 0.3) is 0 Å². The maximum absolute atomic E-state index is 12.2. The largest absolute Gasteiger partial charge is 0.384 e. The zero-order valence-electron chi connectivity index (χ0n) is 12.8. The molecule has 0 spiro atoms. The summed E-state index contributed by atoms with van der Waals surface area (Å²) in [7, 11) is -1.14. The van der Waals surface area contributed by atoms with Gasteiger partial charge in [-0.3, -0.25) is 4.79 Å². The summed E-state index contributed by atoms with van der Waals surface area (Å²) in [6.45, 7) is 0. The topological polar surface area (TPSA) is 75.7 Å². The van der Waals surface area contributed by atoms with Crippen molar-refractivity contribution in [1.29, 1.82) is 0 Å². The van der Waals surface area contributed by atoms with Crippen LogP contribution in [0.4, 0.5) is 5.69 Å². The molecule has 0 unspecified atom stereocenters. The SMILES string of the molecule is CN(C)S(=O)(=O)Oc1ccc(C(=O)Nc2cc(Cl)ccc2Cl)cc1. The fraction of sp³-hybridized carbons (Fsp3) is 0.133. The zero-order valence-corrected chi connectivity index (χ0v) is 15.1. The highest BCUT2D eigenvalue weighted by Crippen LogP contribution is 2.26. The van der Waals surface area contributed by atoms with Crippen LogP contribution in [0.5, 0.6) is 5.75 Å². The van der Waals surface area contributed by atoms with Crippen LogP contribution in [0.2, 0.25) is 10.0 Å². The molecule has 0 radical (unpaired) electrons. The predicted molar refractivity (Wildman–Crippen MR) is 94.1 cm³/mol. The Balaban J connectivity index is 2.13. The second kappa shape index (κ2) is 7.40. The Kier molecular flexibility index (Phi) is 5.71. The van der Waals surface area contributed by atoms with Crippen molar-refractivity contribution in [3.8, 4) is 5.75 Å². The van der Waals surface area contributed by atoms with Gasteiger partial charge in [-0.25, -0.2) is 0 Å². The van der Waals surface area contributed by atoms with Crippen molar-refractivity contribution in [2.24, 2.45) is 0 Å². The zero-order chi connectivity index (χ0) is 17.9. The van der Waals surface area contributed by atoms with Crippen molar-refractivity contribution in [2.45, 2.75) is 0 Å². The molecule has 9 heteroatoms. The first-order chi connectivity index (χ1) is 11.2. The molecular weight excluding hydrogens is 375 g/mol. The van der Waals surface area contributed by atoms with Crippen LogP contribution in [-0.4, -0.2) is 32.7 Å². The maximum Gasteiger partial charge on any atom is 0.384 e. The van der Waals surface area contributed by atoms with E-state index in [9.17, 15) is 13.2 Å². The minimum Gasteiger partial charge on any atom is -0.371 e. The van der Waals surface area contributed by atoms with Crippen molar-refractivity contribution in [1.82, 2.24) is 4.31 Å². The number of hydrogen-bond acceptors (Lipinski definition) is 4. The highest BCUT2D eigenvalue weighted by atomic mass is 35.5. The molecule has 2 aromatic rings. The van der Waals surface area contributed by atoms with Crippen molar-refractivity contribution >= 4 is 45.1 Å². The fourth-order valence-corrected chi connectivity index (χ4v) is 2.49. The molecule has 0 saturated heterocycles. The Morgan fingerprint density at radius 2 is 1.71 bits per heavy atom. The standard InChI is InChI=1S/C15H14Cl2N2O4S/c1-19(2)24(21,22)23-12-6-3-10(4-7-12)15(20)18-14-9-11(16)5-8-13(14)17/h3-9H,1-2H3,(H,18,20). The Morgan fingerprint density at radius 1 is 1.08 bits per heavy atom. The van der Waals surface area contributed by atoms with Crippen molar-refractivity contribution in [3.63, 3.8) is 0 Å². The molecule has 0 atom stereocenters. The Bertz CT molecular complexity index is 852. The van der Waals surface area contributed by atoms with Gasteiger partial charge in [-0.05, 0) is 42.5 Å². The van der Waals surface area contributed by atoms with E-state index in [0.29, 0.717) is 21.3 Å². The number of benzene rings is 2. The molecule has 2 rings (SSSR count). The quantitative estimate of drug-likeness (QED) is 0.850. The van der Waals surface area contributed by atoms with Crippen molar-refractivity contribution < 1.29 is 17.4 Å². The summed E-state index contributed by atoms with van der Waals surface area (Å²) in [5.74, 6) is -0.317. The lowest BCUT2D eigenvalue weighted by atomic mass is 10.2. The fourth-order valence-electron chi connectivity index (χ4n) is 1.65. The number of rotatable bonds is 5. The Morgan fingerprint density at radius 3 is 2.29 bits per heavy atom. The summed E-state index contributed by atoms with van der Waals surface area (Å²) in [5, 5.41) is 3.42. The van der Waals surface area contributed by atoms with E-state index in [1.54, 1.807) is 12.1 Å². The van der Waals surface area contributed by atoms with Gasteiger partial charge in [0, 0.05) is 24.7 Å². The van der Waals surface area contributed by atoms with Gasteiger partial charge in [0.05, 0.1) is 10.7 Å². The lowest BCUT2D eigenvalue weighted by Gasteiger charge is -2.12. The lowest BCUT2D eigenvalue weighted by molar-refractivity contribution is 0.102. The van der Waals surface area contributed by atoms with E-state index in [2.05, 4.69) is 5.32 Å². The van der Waals surface area contributed by atoms with Gasteiger partial charge in [0.2, 0.25) is 0 Å². The summed E-state index contributed by atoms with van der Waals surface area (Å²) in [4.78, 5) is 12.2. The van der Waals surface area contributed by atoms with Gasteiger partial charge in [0.25, 0.3) is 5.91 Å². The first kappa shape index (κ1) is 18.5. The van der Waals surface area contributed by atoms with Crippen LogP contribution in [0.15, 0.2) is 42.5 Å². The summed E-state index contributed by atoms with van der Waals surface area (Å²) in [6.07, 6.45) is 0. The monoisotopic (exact) mass is 388 g/mol. The number of halogens is 2. The highest BCUT2D eigenvalue weighted by molar-refractivity contribution is 7.84. The normalized spacial score (nSPS) is 11.4. The van der Waals surface area contributed by atoms with E-state index in [0.717, 1.165) is 4.31 Å². The molecule has 1 amide bonds. The molecule has 0 saturated carbocycles. The first-order valence-electron chi connectivity index (χ1n) is 6.67. The molecule has 0 bridgehead atoms. The van der Waals surface area contributed by atoms with E-state index >= 15 is 0 Å². The molecule has 0 aliphatic rings. The number of hydrogen-bond donors (Lipinski definition) is 1. The molecule has 24 heavy (non-hydrogen) atoms. The summed E-state index contributed by atoms with van der Waals surface area (Å²) in [6, 6.07) is 10.4. The second-order valence-corrected chi connectivity index (χ2v) is 7.52. The first-order valence-corrected chi connectivity index (χ1v) is 8.79.